The highest BCUT2D eigenvalue weighted by Crippen LogP contribution is 2.40. The van der Waals surface area contributed by atoms with Gasteiger partial charge in [0.05, 0.1) is 6.04 Å². The Kier molecular flexibility index (Phi) is 7.36. The molecule has 1 aliphatic rings. The average Bonchev–Trinajstić information content (AvgIpc) is 2.72. The van der Waals surface area contributed by atoms with Crippen LogP contribution >= 0.6 is 0 Å². The van der Waals surface area contributed by atoms with Crippen molar-refractivity contribution in [1.29, 1.82) is 0 Å². The van der Waals surface area contributed by atoms with E-state index in [1.54, 1.807) is 0 Å². The van der Waals surface area contributed by atoms with Gasteiger partial charge in [0.25, 0.3) is 0 Å². The third-order valence-corrected chi connectivity index (χ3v) is 6.30. The first-order valence-electron chi connectivity index (χ1n) is 11.2. The van der Waals surface area contributed by atoms with Crippen molar-refractivity contribution in [2.75, 3.05) is 0 Å². The summed E-state index contributed by atoms with van der Waals surface area (Å²) in [5.74, 6) is -2.32. The van der Waals surface area contributed by atoms with Crippen molar-refractivity contribution in [3.8, 4) is 0 Å². The van der Waals surface area contributed by atoms with Crippen LogP contribution in [-0.4, -0.2) is 17.1 Å². The highest BCUT2D eigenvalue weighted by atomic mass is 19.1. The van der Waals surface area contributed by atoms with Gasteiger partial charge in [0.1, 0.15) is 11.6 Å². The fourth-order valence-corrected chi connectivity index (χ4v) is 4.55. The Hall–Kier alpha value is -2.31. The fraction of sp³-hybridized carbons (Fsp3) is 0.462. The normalized spacial score (nSPS) is 17.3. The molecule has 1 aliphatic carbocycles. The SMILES string of the molecule is CC(C)(C)c1cccc(C2(N[C](Cc3cc(F)cc(F)c3)C(O)C(N)=O)CCCCC2)c1. The monoisotopic (exact) mass is 443 g/mol. The molecular formula is C26H33F2N2O2. The number of rotatable bonds is 7. The molecular weight excluding hydrogens is 410 g/mol. The van der Waals surface area contributed by atoms with Crippen LogP contribution in [0.1, 0.15) is 69.6 Å². The van der Waals surface area contributed by atoms with Crippen molar-refractivity contribution in [2.24, 2.45) is 5.73 Å². The smallest absolute Gasteiger partial charge is 0.248 e. The van der Waals surface area contributed by atoms with Gasteiger partial charge in [-0.05, 0) is 53.5 Å². The van der Waals surface area contributed by atoms with Gasteiger partial charge >= 0.3 is 0 Å². The molecule has 6 heteroatoms. The zero-order chi connectivity index (χ0) is 23.5. The summed E-state index contributed by atoms with van der Waals surface area (Å²) in [6.45, 7) is 6.46. The number of carbonyl (C=O) groups is 1. The number of aliphatic hydroxyl groups is 1. The van der Waals surface area contributed by atoms with Crippen molar-refractivity contribution in [3.05, 3.63) is 76.8 Å². The number of hydrogen-bond acceptors (Lipinski definition) is 3. The number of benzene rings is 2. The summed E-state index contributed by atoms with van der Waals surface area (Å²) < 4.78 is 27.5. The zero-order valence-corrected chi connectivity index (χ0v) is 19.1. The third-order valence-electron chi connectivity index (χ3n) is 6.30. The van der Waals surface area contributed by atoms with Gasteiger partial charge in [0.2, 0.25) is 5.91 Å². The first-order valence-corrected chi connectivity index (χ1v) is 11.2. The highest BCUT2D eigenvalue weighted by molar-refractivity contribution is 5.81. The molecule has 3 rings (SSSR count). The van der Waals surface area contributed by atoms with E-state index in [2.05, 4.69) is 44.3 Å². The van der Waals surface area contributed by atoms with Gasteiger partial charge in [-0.3, -0.25) is 10.1 Å². The minimum atomic E-state index is -1.58. The summed E-state index contributed by atoms with van der Waals surface area (Å²) in [6, 6.07) is 11.8. The summed E-state index contributed by atoms with van der Waals surface area (Å²) in [7, 11) is 0. The lowest BCUT2D eigenvalue weighted by atomic mass is 9.74. The summed E-state index contributed by atoms with van der Waals surface area (Å²) in [5, 5.41) is 14.1. The molecule has 0 saturated heterocycles. The maximum absolute atomic E-state index is 13.8. The quantitative estimate of drug-likeness (QED) is 0.584. The van der Waals surface area contributed by atoms with Gasteiger partial charge < -0.3 is 10.8 Å². The van der Waals surface area contributed by atoms with Crippen molar-refractivity contribution >= 4 is 5.91 Å². The average molecular weight is 444 g/mol. The molecule has 0 aromatic heterocycles. The largest absolute Gasteiger partial charge is 0.381 e. The van der Waals surface area contributed by atoms with E-state index in [0.717, 1.165) is 43.7 Å². The Morgan fingerprint density at radius 1 is 1.09 bits per heavy atom. The molecule has 2 aromatic rings. The molecule has 2 aromatic carbocycles. The van der Waals surface area contributed by atoms with Crippen LogP contribution in [0.15, 0.2) is 42.5 Å². The van der Waals surface area contributed by atoms with E-state index in [4.69, 9.17) is 5.73 Å². The molecule has 1 saturated carbocycles. The van der Waals surface area contributed by atoms with Crippen molar-refractivity contribution < 1.29 is 18.7 Å². The van der Waals surface area contributed by atoms with Gasteiger partial charge in [0.15, 0.2) is 6.10 Å². The van der Waals surface area contributed by atoms with E-state index >= 15 is 0 Å². The lowest BCUT2D eigenvalue weighted by Crippen LogP contribution is -2.52. The minimum absolute atomic E-state index is 0.0144. The van der Waals surface area contributed by atoms with E-state index in [1.807, 2.05) is 6.07 Å². The van der Waals surface area contributed by atoms with Crippen LogP contribution in [-0.2, 0) is 22.2 Å². The van der Waals surface area contributed by atoms with Crippen LogP contribution in [0.5, 0.6) is 0 Å². The Bertz CT molecular complexity index is 929. The van der Waals surface area contributed by atoms with Crippen LogP contribution < -0.4 is 11.1 Å². The van der Waals surface area contributed by atoms with Gasteiger partial charge in [-0.25, -0.2) is 8.78 Å². The van der Waals surface area contributed by atoms with E-state index in [9.17, 15) is 18.7 Å². The maximum atomic E-state index is 13.8. The van der Waals surface area contributed by atoms with Gasteiger partial charge in [-0.2, -0.15) is 0 Å². The lowest BCUT2D eigenvalue weighted by Gasteiger charge is -2.42. The van der Waals surface area contributed by atoms with Gasteiger partial charge in [-0.1, -0.05) is 64.3 Å². The molecule has 0 heterocycles. The Balaban J connectivity index is 2.00. The highest BCUT2D eigenvalue weighted by Gasteiger charge is 2.39. The van der Waals surface area contributed by atoms with Crippen LogP contribution in [0.4, 0.5) is 8.78 Å². The first kappa shape index (κ1) is 24.3. The van der Waals surface area contributed by atoms with E-state index in [-0.39, 0.29) is 17.9 Å². The zero-order valence-electron chi connectivity index (χ0n) is 19.1. The number of nitrogens with one attached hydrogen (secondary N) is 1. The third kappa shape index (κ3) is 5.73. The van der Waals surface area contributed by atoms with Gasteiger partial charge in [0, 0.05) is 11.6 Å². The number of halogens is 2. The number of primary amides is 1. The molecule has 1 radical (unpaired) electrons. The second-order valence-electron chi connectivity index (χ2n) is 9.88. The predicted octanol–water partition coefficient (Wildman–Crippen LogP) is 4.63. The summed E-state index contributed by atoms with van der Waals surface area (Å²) in [6.07, 6.45) is 3.11. The van der Waals surface area contributed by atoms with Crippen LogP contribution in [0.25, 0.3) is 0 Å². The molecule has 173 valence electrons. The van der Waals surface area contributed by atoms with Gasteiger partial charge in [-0.15, -0.1) is 0 Å². The van der Waals surface area contributed by atoms with Crippen molar-refractivity contribution in [2.45, 2.75) is 76.4 Å². The number of nitrogens with two attached hydrogens (primary N) is 1. The number of amides is 1. The molecule has 1 unspecified atom stereocenters. The second kappa shape index (κ2) is 9.67. The molecule has 1 amide bonds. The summed E-state index contributed by atoms with van der Waals surface area (Å²) in [4.78, 5) is 11.9. The van der Waals surface area contributed by atoms with E-state index in [1.165, 1.54) is 17.7 Å². The fourth-order valence-electron chi connectivity index (χ4n) is 4.55. The summed E-state index contributed by atoms with van der Waals surface area (Å²) >= 11 is 0. The van der Waals surface area contributed by atoms with E-state index < -0.39 is 29.2 Å². The Labute approximate surface area is 189 Å². The topological polar surface area (TPSA) is 75.3 Å². The summed E-state index contributed by atoms with van der Waals surface area (Å²) in [5.41, 5.74) is 7.46. The molecule has 0 bridgehead atoms. The molecule has 0 spiro atoms. The minimum Gasteiger partial charge on any atom is -0.381 e. The first-order chi connectivity index (χ1) is 15.0. The standard InChI is InChI=1S/C26H33F2N2O2/c1-25(2,3)18-8-7-9-19(15-18)26(10-5-4-6-11-26)30-22(23(31)24(29)32)14-17-12-20(27)16-21(28)13-17/h7-9,12-13,15-16,23,30-31H,4-6,10-11,14H2,1-3H3,(H2,29,32). The maximum Gasteiger partial charge on any atom is 0.248 e. The molecule has 4 N–H and O–H groups in total. The molecule has 1 fully saturated rings. The van der Waals surface area contributed by atoms with Crippen molar-refractivity contribution in [1.82, 2.24) is 5.32 Å². The number of hydrogen-bond donors (Lipinski definition) is 3. The van der Waals surface area contributed by atoms with Crippen LogP contribution in [0, 0.1) is 17.7 Å². The molecule has 1 atom stereocenters. The van der Waals surface area contributed by atoms with Crippen LogP contribution in [0.2, 0.25) is 0 Å². The molecule has 32 heavy (non-hydrogen) atoms. The van der Waals surface area contributed by atoms with Crippen LogP contribution in [0.3, 0.4) is 0 Å². The van der Waals surface area contributed by atoms with E-state index in [0.29, 0.717) is 5.56 Å². The molecule has 4 nitrogen and oxygen atoms in total. The Morgan fingerprint density at radius 3 is 2.28 bits per heavy atom. The number of aliphatic hydroxyl groups excluding tert-OH is 1. The molecule has 0 aliphatic heterocycles. The van der Waals surface area contributed by atoms with Crippen molar-refractivity contribution in [3.63, 3.8) is 0 Å². The lowest BCUT2D eigenvalue weighted by molar-refractivity contribution is -0.125. The predicted molar refractivity (Wildman–Crippen MR) is 122 cm³/mol. The second-order valence-corrected chi connectivity index (χ2v) is 9.88. The number of carbonyl (C=O) groups excluding carboxylic acids is 1. The Morgan fingerprint density at radius 2 is 1.72 bits per heavy atom.